The highest BCUT2D eigenvalue weighted by Crippen LogP contribution is 2.24. The Bertz CT molecular complexity index is 597. The maximum absolute atomic E-state index is 12.3. The predicted octanol–water partition coefficient (Wildman–Crippen LogP) is 0.965. The number of hydrogen-bond donors (Lipinski definition) is 0. The molecule has 2 saturated heterocycles. The molecule has 1 aromatic carbocycles. The molecule has 0 aromatic heterocycles. The minimum Gasteiger partial charge on any atom is -0.497 e. The molecule has 2 heterocycles. The molecule has 0 N–H and O–H groups in total. The fraction of sp³-hybridized carbons (Fsp3) is 0.529. The predicted molar refractivity (Wildman–Crippen MR) is 87.6 cm³/mol. The average molecular weight is 317 g/mol. The van der Waals surface area contributed by atoms with Crippen LogP contribution in [0.1, 0.15) is 13.3 Å². The van der Waals surface area contributed by atoms with Crippen molar-refractivity contribution in [3.05, 3.63) is 24.3 Å². The van der Waals surface area contributed by atoms with Crippen molar-refractivity contribution >= 4 is 17.5 Å². The van der Waals surface area contributed by atoms with Crippen LogP contribution in [0.2, 0.25) is 0 Å². The third-order valence-electron chi connectivity index (χ3n) is 4.71. The first-order valence-electron chi connectivity index (χ1n) is 8.11. The van der Waals surface area contributed by atoms with Gasteiger partial charge in [-0.05, 0) is 19.1 Å². The van der Waals surface area contributed by atoms with Gasteiger partial charge in [-0.1, -0.05) is 6.07 Å². The van der Waals surface area contributed by atoms with Gasteiger partial charge in [0.2, 0.25) is 11.8 Å². The molecule has 2 aliphatic heterocycles. The van der Waals surface area contributed by atoms with Crippen LogP contribution in [0.5, 0.6) is 5.75 Å². The number of likely N-dealkylation sites (N-methyl/N-ethyl adjacent to an activating group) is 1. The molecule has 0 saturated carbocycles. The summed E-state index contributed by atoms with van der Waals surface area (Å²) in [5.74, 6) is 0.769. The molecule has 0 spiro atoms. The number of imide groups is 1. The van der Waals surface area contributed by atoms with Crippen molar-refractivity contribution in [2.24, 2.45) is 0 Å². The minimum atomic E-state index is -0.269. The largest absolute Gasteiger partial charge is 0.497 e. The summed E-state index contributed by atoms with van der Waals surface area (Å²) in [4.78, 5) is 30.0. The Balaban J connectivity index is 1.62. The standard InChI is InChI=1S/C17H23N3O3/c1-3-20-16(21)12-15(17(20)22)19-9-7-18(8-10-19)13-5-4-6-14(11-13)23-2/h4-6,11,15H,3,7-10,12H2,1-2H3/t15-/m1/s1. The molecule has 124 valence electrons. The van der Waals surface area contributed by atoms with Gasteiger partial charge in [0.05, 0.1) is 19.6 Å². The van der Waals surface area contributed by atoms with Gasteiger partial charge < -0.3 is 9.64 Å². The fourth-order valence-electron chi connectivity index (χ4n) is 3.38. The summed E-state index contributed by atoms with van der Waals surface area (Å²) in [6, 6.07) is 7.75. The van der Waals surface area contributed by atoms with E-state index in [9.17, 15) is 9.59 Å². The Morgan fingerprint density at radius 1 is 1.17 bits per heavy atom. The Hall–Kier alpha value is -2.08. The first-order valence-corrected chi connectivity index (χ1v) is 8.11. The van der Waals surface area contributed by atoms with Crippen LogP contribution in [0.25, 0.3) is 0 Å². The highest BCUT2D eigenvalue weighted by atomic mass is 16.5. The van der Waals surface area contributed by atoms with Gasteiger partial charge in [-0.15, -0.1) is 0 Å². The molecule has 6 nitrogen and oxygen atoms in total. The molecular weight excluding hydrogens is 294 g/mol. The third kappa shape index (κ3) is 3.03. The number of carbonyl (C=O) groups is 2. The Labute approximate surface area is 136 Å². The van der Waals surface area contributed by atoms with Crippen LogP contribution in [0, 0.1) is 0 Å². The maximum Gasteiger partial charge on any atom is 0.247 e. The SMILES string of the molecule is CCN1C(=O)C[C@@H](N2CCN(c3cccc(OC)c3)CC2)C1=O. The number of methoxy groups -OCH3 is 1. The first-order chi connectivity index (χ1) is 11.1. The zero-order valence-electron chi connectivity index (χ0n) is 13.7. The van der Waals surface area contributed by atoms with E-state index in [2.05, 4.69) is 15.9 Å². The summed E-state index contributed by atoms with van der Waals surface area (Å²) in [7, 11) is 1.67. The molecule has 0 bridgehead atoms. The van der Waals surface area contributed by atoms with Crippen LogP contribution in [0.15, 0.2) is 24.3 Å². The number of rotatable bonds is 4. The average Bonchev–Trinajstić information content (AvgIpc) is 2.89. The number of benzene rings is 1. The molecule has 23 heavy (non-hydrogen) atoms. The lowest BCUT2D eigenvalue weighted by Gasteiger charge is -2.38. The van der Waals surface area contributed by atoms with E-state index >= 15 is 0 Å². The van der Waals surface area contributed by atoms with Crippen molar-refractivity contribution in [1.29, 1.82) is 0 Å². The van der Waals surface area contributed by atoms with Gasteiger partial charge in [0, 0.05) is 44.5 Å². The second-order valence-electron chi connectivity index (χ2n) is 5.92. The number of amides is 2. The number of ether oxygens (including phenoxy) is 1. The molecular formula is C17H23N3O3. The smallest absolute Gasteiger partial charge is 0.247 e. The van der Waals surface area contributed by atoms with Gasteiger partial charge in [0.1, 0.15) is 5.75 Å². The van der Waals surface area contributed by atoms with Gasteiger partial charge in [0.15, 0.2) is 0 Å². The van der Waals surface area contributed by atoms with Gasteiger partial charge in [-0.25, -0.2) is 0 Å². The van der Waals surface area contributed by atoms with Gasteiger partial charge >= 0.3 is 0 Å². The topological polar surface area (TPSA) is 53.1 Å². The zero-order valence-corrected chi connectivity index (χ0v) is 13.7. The van der Waals surface area contributed by atoms with E-state index in [-0.39, 0.29) is 17.9 Å². The van der Waals surface area contributed by atoms with Gasteiger partial charge in [-0.3, -0.25) is 19.4 Å². The molecule has 6 heteroatoms. The van der Waals surface area contributed by atoms with Crippen LogP contribution < -0.4 is 9.64 Å². The molecule has 3 rings (SSSR count). The fourth-order valence-corrected chi connectivity index (χ4v) is 3.38. The molecule has 2 fully saturated rings. The summed E-state index contributed by atoms with van der Waals surface area (Å²) in [6.07, 6.45) is 0.325. The third-order valence-corrected chi connectivity index (χ3v) is 4.71. The van der Waals surface area contributed by atoms with E-state index in [1.807, 2.05) is 25.1 Å². The quantitative estimate of drug-likeness (QED) is 0.775. The van der Waals surface area contributed by atoms with Crippen molar-refractivity contribution in [2.45, 2.75) is 19.4 Å². The molecule has 0 radical (unpaired) electrons. The summed E-state index contributed by atoms with van der Waals surface area (Å²) in [5.41, 5.74) is 1.13. The van der Waals surface area contributed by atoms with E-state index in [0.29, 0.717) is 13.0 Å². The van der Waals surface area contributed by atoms with Crippen LogP contribution in [0.4, 0.5) is 5.69 Å². The Morgan fingerprint density at radius 2 is 1.91 bits per heavy atom. The van der Waals surface area contributed by atoms with E-state index < -0.39 is 0 Å². The Morgan fingerprint density at radius 3 is 2.52 bits per heavy atom. The zero-order chi connectivity index (χ0) is 16.4. The highest BCUT2D eigenvalue weighted by Gasteiger charge is 2.41. The van der Waals surface area contributed by atoms with Crippen molar-refractivity contribution in [3.8, 4) is 5.75 Å². The lowest BCUT2D eigenvalue weighted by molar-refractivity contribution is -0.139. The van der Waals surface area contributed by atoms with Gasteiger partial charge in [-0.2, -0.15) is 0 Å². The highest BCUT2D eigenvalue weighted by molar-refractivity contribution is 6.05. The minimum absolute atomic E-state index is 0.0349. The number of hydrogen-bond acceptors (Lipinski definition) is 5. The lowest BCUT2D eigenvalue weighted by atomic mass is 10.1. The molecule has 1 atom stereocenters. The second kappa shape index (κ2) is 6.58. The van der Waals surface area contributed by atoms with Gasteiger partial charge in [0.25, 0.3) is 0 Å². The number of nitrogens with zero attached hydrogens (tertiary/aromatic N) is 3. The molecule has 2 amide bonds. The van der Waals surface area contributed by atoms with Crippen molar-refractivity contribution in [2.75, 3.05) is 44.7 Å². The monoisotopic (exact) mass is 317 g/mol. The molecule has 2 aliphatic rings. The second-order valence-corrected chi connectivity index (χ2v) is 5.92. The van der Waals surface area contributed by atoms with Crippen LogP contribution in [0.3, 0.4) is 0 Å². The van der Waals surface area contributed by atoms with E-state index in [1.165, 1.54) is 4.90 Å². The van der Waals surface area contributed by atoms with Crippen molar-refractivity contribution < 1.29 is 14.3 Å². The summed E-state index contributed by atoms with van der Waals surface area (Å²) < 4.78 is 5.27. The van der Waals surface area contributed by atoms with Crippen LogP contribution >= 0.6 is 0 Å². The van der Waals surface area contributed by atoms with E-state index in [0.717, 1.165) is 37.6 Å². The molecule has 0 unspecified atom stereocenters. The van der Waals surface area contributed by atoms with E-state index in [1.54, 1.807) is 7.11 Å². The first kappa shape index (κ1) is 15.8. The van der Waals surface area contributed by atoms with Crippen LogP contribution in [-0.4, -0.2) is 67.5 Å². The van der Waals surface area contributed by atoms with Crippen molar-refractivity contribution in [3.63, 3.8) is 0 Å². The number of carbonyl (C=O) groups excluding carboxylic acids is 2. The number of anilines is 1. The number of likely N-dealkylation sites (tertiary alicyclic amines) is 1. The lowest BCUT2D eigenvalue weighted by Crippen LogP contribution is -2.52. The Kier molecular flexibility index (Phi) is 4.52. The molecule has 0 aliphatic carbocycles. The number of piperazine rings is 1. The van der Waals surface area contributed by atoms with E-state index in [4.69, 9.17) is 4.74 Å². The normalized spacial score (nSPS) is 22.8. The summed E-state index contributed by atoms with van der Waals surface area (Å²) in [6.45, 7) is 5.59. The summed E-state index contributed by atoms with van der Waals surface area (Å²) >= 11 is 0. The maximum atomic E-state index is 12.3. The molecule has 1 aromatic rings. The van der Waals surface area contributed by atoms with Crippen LogP contribution in [-0.2, 0) is 9.59 Å². The summed E-state index contributed by atoms with van der Waals surface area (Å²) in [5, 5.41) is 0. The van der Waals surface area contributed by atoms with Crippen molar-refractivity contribution in [1.82, 2.24) is 9.80 Å².